The van der Waals surface area contributed by atoms with E-state index in [1.165, 1.54) is 0 Å². The van der Waals surface area contributed by atoms with Crippen molar-refractivity contribution in [1.29, 1.82) is 0 Å². The first-order chi connectivity index (χ1) is 4.79. The minimum Gasteiger partial charge on any atom is -0.392 e. The van der Waals surface area contributed by atoms with Gasteiger partial charge in [0, 0.05) is 19.6 Å². The van der Waals surface area contributed by atoms with E-state index in [1.807, 2.05) is 0 Å². The Kier molecular flexibility index (Phi) is 3.05. The summed E-state index contributed by atoms with van der Waals surface area (Å²) in [6.45, 7) is 4.26. The topological polar surface area (TPSA) is 38.5 Å². The maximum atomic E-state index is 5.37. The van der Waals surface area contributed by atoms with Gasteiger partial charge < -0.3 is 10.5 Å². The van der Waals surface area contributed by atoms with E-state index in [-0.39, 0.29) is 0 Å². The molecule has 0 unspecified atom stereocenters. The van der Waals surface area contributed by atoms with Crippen LogP contribution in [0.15, 0.2) is 0 Å². The molecule has 0 aromatic heterocycles. The van der Waals surface area contributed by atoms with Crippen LogP contribution in [0.3, 0.4) is 0 Å². The average molecular weight is 160 g/mol. The Bertz CT molecular complexity index is 123. The maximum Gasteiger partial charge on any atom is 0.0870 e. The molecule has 0 radical (unpaired) electrons. The molecule has 4 heteroatoms. The molecule has 0 spiro atoms. The van der Waals surface area contributed by atoms with Crippen LogP contribution in [-0.4, -0.2) is 42.7 Å². The molecule has 0 amide bonds. The second-order valence-electron chi connectivity index (χ2n) is 2.35. The van der Waals surface area contributed by atoms with Crippen LogP contribution in [0.25, 0.3) is 0 Å². The molecule has 0 aromatic rings. The third-order valence-electron chi connectivity index (χ3n) is 1.48. The lowest BCUT2D eigenvalue weighted by molar-refractivity contribution is 0.0454. The van der Waals surface area contributed by atoms with E-state index in [0.717, 1.165) is 32.8 Å². The van der Waals surface area contributed by atoms with Crippen LogP contribution >= 0.6 is 12.2 Å². The zero-order valence-electron chi connectivity index (χ0n) is 5.88. The molecular weight excluding hydrogens is 148 g/mol. The first-order valence-electron chi connectivity index (χ1n) is 3.37. The van der Waals surface area contributed by atoms with Crippen LogP contribution in [0.4, 0.5) is 0 Å². The van der Waals surface area contributed by atoms with Gasteiger partial charge in [0.15, 0.2) is 0 Å². The summed E-state index contributed by atoms with van der Waals surface area (Å²) in [5, 5.41) is 0. The molecule has 10 heavy (non-hydrogen) atoms. The summed E-state index contributed by atoms with van der Waals surface area (Å²) in [5.41, 5.74) is 5.37. The minimum atomic E-state index is 0.571. The lowest BCUT2D eigenvalue weighted by Gasteiger charge is -2.25. The van der Waals surface area contributed by atoms with E-state index < -0.39 is 0 Å². The van der Waals surface area contributed by atoms with E-state index in [0.29, 0.717) is 4.99 Å². The molecule has 1 heterocycles. The number of thiocarbonyl (C=S) groups is 1. The second kappa shape index (κ2) is 3.85. The number of hydrogen-bond acceptors (Lipinski definition) is 3. The third-order valence-corrected chi connectivity index (χ3v) is 1.61. The van der Waals surface area contributed by atoms with E-state index in [4.69, 9.17) is 22.7 Å². The number of ether oxygens (including phenoxy) is 1. The van der Waals surface area contributed by atoms with Gasteiger partial charge in [-0.3, -0.25) is 4.90 Å². The Labute approximate surface area is 66.1 Å². The lowest BCUT2D eigenvalue weighted by Crippen LogP contribution is -2.40. The standard InChI is InChI=1S/C6H12N2OS/c7-6(10)5-8-1-3-9-4-2-8/h1-5H2,(H2,7,10). The molecule has 1 aliphatic rings. The lowest BCUT2D eigenvalue weighted by atomic mass is 10.4. The van der Waals surface area contributed by atoms with E-state index in [1.54, 1.807) is 0 Å². The summed E-state index contributed by atoms with van der Waals surface area (Å²) in [4.78, 5) is 2.77. The molecular formula is C6H12N2OS. The van der Waals surface area contributed by atoms with Gasteiger partial charge >= 0.3 is 0 Å². The summed E-state index contributed by atoms with van der Waals surface area (Å²) >= 11 is 4.77. The minimum absolute atomic E-state index is 0.571. The highest BCUT2D eigenvalue weighted by atomic mass is 32.1. The van der Waals surface area contributed by atoms with Crippen LogP contribution in [-0.2, 0) is 4.74 Å². The largest absolute Gasteiger partial charge is 0.392 e. The molecule has 0 aliphatic carbocycles. The smallest absolute Gasteiger partial charge is 0.0870 e. The molecule has 58 valence electrons. The van der Waals surface area contributed by atoms with Crippen LogP contribution < -0.4 is 5.73 Å². The number of morpholine rings is 1. The van der Waals surface area contributed by atoms with Gasteiger partial charge in [-0.25, -0.2) is 0 Å². The van der Waals surface area contributed by atoms with Gasteiger partial charge in [0.25, 0.3) is 0 Å². The van der Waals surface area contributed by atoms with Crippen LogP contribution in [0.1, 0.15) is 0 Å². The van der Waals surface area contributed by atoms with Crippen LogP contribution in [0.5, 0.6) is 0 Å². The molecule has 1 fully saturated rings. The molecule has 0 aromatic carbocycles. The highest BCUT2D eigenvalue weighted by Crippen LogP contribution is 1.94. The van der Waals surface area contributed by atoms with Gasteiger partial charge in [-0.15, -0.1) is 0 Å². The van der Waals surface area contributed by atoms with E-state index in [9.17, 15) is 0 Å². The Morgan fingerprint density at radius 3 is 2.60 bits per heavy atom. The Hall–Kier alpha value is -0.190. The van der Waals surface area contributed by atoms with Crippen molar-refractivity contribution in [2.75, 3.05) is 32.8 Å². The monoisotopic (exact) mass is 160 g/mol. The van der Waals surface area contributed by atoms with E-state index in [2.05, 4.69) is 4.90 Å². The van der Waals surface area contributed by atoms with Crippen molar-refractivity contribution >= 4 is 17.2 Å². The first kappa shape index (κ1) is 7.91. The van der Waals surface area contributed by atoms with Gasteiger partial charge in [0.05, 0.1) is 18.2 Å². The van der Waals surface area contributed by atoms with Crippen LogP contribution in [0, 0.1) is 0 Å². The number of nitrogens with zero attached hydrogens (tertiary/aromatic N) is 1. The summed E-state index contributed by atoms with van der Waals surface area (Å²) in [6.07, 6.45) is 0. The first-order valence-corrected chi connectivity index (χ1v) is 3.78. The predicted octanol–water partition coefficient (Wildman–Crippen LogP) is -0.395. The molecule has 3 nitrogen and oxygen atoms in total. The fourth-order valence-corrected chi connectivity index (χ4v) is 1.16. The second-order valence-corrected chi connectivity index (χ2v) is 2.88. The molecule has 1 rings (SSSR count). The fraction of sp³-hybridized carbons (Fsp3) is 0.833. The van der Waals surface area contributed by atoms with Gasteiger partial charge in [-0.1, -0.05) is 12.2 Å². The summed E-state index contributed by atoms with van der Waals surface area (Å²) in [6, 6.07) is 0. The van der Waals surface area contributed by atoms with Crippen molar-refractivity contribution < 1.29 is 4.74 Å². The van der Waals surface area contributed by atoms with Crippen molar-refractivity contribution in [3.63, 3.8) is 0 Å². The Morgan fingerprint density at radius 1 is 1.50 bits per heavy atom. The summed E-state index contributed by atoms with van der Waals surface area (Å²) in [5.74, 6) is 0. The fourth-order valence-electron chi connectivity index (χ4n) is 0.980. The molecule has 0 saturated carbocycles. The van der Waals surface area contributed by atoms with Gasteiger partial charge in [0.2, 0.25) is 0 Å². The van der Waals surface area contributed by atoms with Crippen LogP contribution in [0.2, 0.25) is 0 Å². The SMILES string of the molecule is NC(=S)CN1CCOCC1. The molecule has 0 bridgehead atoms. The number of hydrogen-bond donors (Lipinski definition) is 1. The quantitative estimate of drug-likeness (QED) is 0.558. The zero-order chi connectivity index (χ0) is 7.40. The number of rotatable bonds is 2. The highest BCUT2D eigenvalue weighted by molar-refractivity contribution is 7.80. The third kappa shape index (κ3) is 2.60. The Morgan fingerprint density at radius 2 is 2.10 bits per heavy atom. The zero-order valence-corrected chi connectivity index (χ0v) is 6.69. The maximum absolute atomic E-state index is 5.37. The van der Waals surface area contributed by atoms with Crippen molar-refractivity contribution in [2.45, 2.75) is 0 Å². The van der Waals surface area contributed by atoms with Crippen molar-refractivity contribution in [3.05, 3.63) is 0 Å². The van der Waals surface area contributed by atoms with Crippen molar-refractivity contribution in [3.8, 4) is 0 Å². The van der Waals surface area contributed by atoms with Crippen molar-refractivity contribution in [1.82, 2.24) is 4.90 Å². The van der Waals surface area contributed by atoms with Crippen molar-refractivity contribution in [2.24, 2.45) is 5.73 Å². The van der Waals surface area contributed by atoms with Gasteiger partial charge in [0.1, 0.15) is 0 Å². The average Bonchev–Trinajstić information content (AvgIpc) is 1.88. The highest BCUT2D eigenvalue weighted by Gasteiger charge is 2.09. The normalized spacial score (nSPS) is 20.8. The predicted molar refractivity (Wildman–Crippen MR) is 44.0 cm³/mol. The molecule has 0 atom stereocenters. The number of nitrogens with two attached hydrogens (primary N) is 1. The summed E-state index contributed by atoms with van der Waals surface area (Å²) in [7, 11) is 0. The Balaban J connectivity index is 2.19. The molecule has 2 N–H and O–H groups in total. The van der Waals surface area contributed by atoms with E-state index >= 15 is 0 Å². The summed E-state index contributed by atoms with van der Waals surface area (Å²) < 4.78 is 5.16. The van der Waals surface area contributed by atoms with Gasteiger partial charge in [-0.2, -0.15) is 0 Å². The van der Waals surface area contributed by atoms with Gasteiger partial charge in [-0.05, 0) is 0 Å². The molecule has 1 aliphatic heterocycles. The molecule has 1 saturated heterocycles.